The average molecular weight is 322 g/mol. The minimum Gasteiger partial charge on any atom is -0.383 e. The van der Waals surface area contributed by atoms with Gasteiger partial charge in [0.1, 0.15) is 0 Å². The fourth-order valence-corrected chi connectivity index (χ4v) is 1.75. The topological polar surface area (TPSA) is 84.0 Å². The minimum atomic E-state index is -0.106. The zero-order valence-electron chi connectivity index (χ0n) is 13.8. The third kappa shape index (κ3) is 9.49. The van der Waals surface area contributed by atoms with Crippen molar-refractivity contribution in [2.45, 2.75) is 6.61 Å². The van der Waals surface area contributed by atoms with Gasteiger partial charge in [0.2, 0.25) is 5.91 Å². The Hall–Kier alpha value is -2.12. The Bertz CT molecular complexity index is 466. The van der Waals surface area contributed by atoms with Crippen LogP contribution >= 0.6 is 0 Å². The van der Waals surface area contributed by atoms with Crippen molar-refractivity contribution in [3.63, 3.8) is 0 Å². The molecule has 0 bridgehead atoms. The van der Waals surface area contributed by atoms with Crippen molar-refractivity contribution in [1.82, 2.24) is 16.0 Å². The van der Waals surface area contributed by atoms with Gasteiger partial charge in [-0.1, -0.05) is 30.3 Å². The lowest BCUT2D eigenvalue weighted by Crippen LogP contribution is -2.44. The minimum absolute atomic E-state index is 0.106. The molecule has 1 aromatic rings. The quantitative estimate of drug-likeness (QED) is 0.324. The predicted octanol–water partition coefficient (Wildman–Crippen LogP) is 0.131. The van der Waals surface area contributed by atoms with Crippen molar-refractivity contribution >= 4 is 11.9 Å². The molecule has 0 unspecified atom stereocenters. The lowest BCUT2D eigenvalue weighted by atomic mass is 10.2. The fraction of sp³-hybridized carbons (Fsp3) is 0.500. The highest BCUT2D eigenvalue weighted by Crippen LogP contribution is 1.99. The summed E-state index contributed by atoms with van der Waals surface area (Å²) >= 11 is 0. The molecule has 0 aromatic heterocycles. The maximum Gasteiger partial charge on any atom is 0.239 e. The van der Waals surface area contributed by atoms with Gasteiger partial charge < -0.3 is 25.4 Å². The number of guanidine groups is 1. The molecule has 1 aromatic carbocycles. The van der Waals surface area contributed by atoms with E-state index in [-0.39, 0.29) is 12.5 Å². The highest BCUT2D eigenvalue weighted by Gasteiger charge is 2.02. The Balaban J connectivity index is 2.08. The Morgan fingerprint density at radius 2 is 1.83 bits per heavy atom. The summed E-state index contributed by atoms with van der Waals surface area (Å²) < 4.78 is 10.4. The van der Waals surface area contributed by atoms with Crippen LogP contribution in [0.1, 0.15) is 5.56 Å². The van der Waals surface area contributed by atoms with Crippen LogP contribution in [0.4, 0.5) is 0 Å². The number of hydrogen-bond donors (Lipinski definition) is 3. The first-order valence-electron chi connectivity index (χ1n) is 7.58. The molecule has 0 aliphatic carbocycles. The van der Waals surface area contributed by atoms with Crippen molar-refractivity contribution in [1.29, 1.82) is 0 Å². The average Bonchev–Trinajstić information content (AvgIpc) is 2.58. The van der Waals surface area contributed by atoms with Crippen molar-refractivity contribution in [2.75, 3.05) is 47.0 Å². The van der Waals surface area contributed by atoms with Crippen LogP contribution in [0.3, 0.4) is 0 Å². The van der Waals surface area contributed by atoms with Crippen molar-refractivity contribution in [3.8, 4) is 0 Å². The summed E-state index contributed by atoms with van der Waals surface area (Å²) in [5, 5.41) is 8.75. The molecule has 0 saturated heterocycles. The van der Waals surface area contributed by atoms with E-state index in [1.807, 2.05) is 30.3 Å². The van der Waals surface area contributed by atoms with E-state index in [9.17, 15) is 4.79 Å². The molecule has 7 heteroatoms. The smallest absolute Gasteiger partial charge is 0.239 e. The molecule has 0 radical (unpaired) electrons. The van der Waals surface area contributed by atoms with Gasteiger partial charge in [-0.3, -0.25) is 9.79 Å². The van der Waals surface area contributed by atoms with E-state index in [1.165, 1.54) is 0 Å². The first-order valence-corrected chi connectivity index (χ1v) is 7.58. The summed E-state index contributed by atoms with van der Waals surface area (Å²) in [4.78, 5) is 15.6. The third-order valence-corrected chi connectivity index (χ3v) is 2.92. The zero-order valence-corrected chi connectivity index (χ0v) is 13.8. The van der Waals surface area contributed by atoms with Crippen LogP contribution in [0.15, 0.2) is 35.3 Å². The van der Waals surface area contributed by atoms with Crippen LogP contribution < -0.4 is 16.0 Å². The van der Waals surface area contributed by atoms with Crippen LogP contribution in [-0.2, 0) is 20.9 Å². The number of carbonyl (C=O) groups is 1. The summed E-state index contributed by atoms with van der Waals surface area (Å²) in [6.07, 6.45) is 0. The number of nitrogens with zero attached hydrogens (tertiary/aromatic N) is 1. The van der Waals surface area contributed by atoms with Gasteiger partial charge in [-0.25, -0.2) is 0 Å². The van der Waals surface area contributed by atoms with E-state index in [0.29, 0.717) is 38.9 Å². The largest absolute Gasteiger partial charge is 0.383 e. The molecule has 0 saturated carbocycles. The number of hydrogen-bond acceptors (Lipinski definition) is 4. The molecule has 23 heavy (non-hydrogen) atoms. The normalized spacial score (nSPS) is 11.1. The van der Waals surface area contributed by atoms with E-state index in [4.69, 9.17) is 9.47 Å². The van der Waals surface area contributed by atoms with Gasteiger partial charge in [0.25, 0.3) is 0 Å². The standard InChI is InChI=1S/C16H26N4O3/c1-17-16(20-12-15(21)18-8-10-22-2)19-9-11-23-13-14-6-4-3-5-7-14/h3-7H,8-13H2,1-2H3,(H,18,21)(H2,17,19,20). The van der Waals surface area contributed by atoms with E-state index in [0.717, 1.165) is 5.56 Å². The maximum absolute atomic E-state index is 11.5. The van der Waals surface area contributed by atoms with E-state index in [2.05, 4.69) is 20.9 Å². The van der Waals surface area contributed by atoms with E-state index >= 15 is 0 Å². The molecule has 0 fully saturated rings. The number of aliphatic imine (C=N–C) groups is 1. The monoisotopic (exact) mass is 322 g/mol. The van der Waals surface area contributed by atoms with Crippen molar-refractivity contribution < 1.29 is 14.3 Å². The number of carbonyl (C=O) groups excluding carboxylic acids is 1. The number of benzene rings is 1. The van der Waals surface area contributed by atoms with Gasteiger partial charge in [-0.15, -0.1) is 0 Å². The summed E-state index contributed by atoms with van der Waals surface area (Å²) in [6.45, 7) is 2.89. The molecular formula is C16H26N4O3. The Morgan fingerprint density at radius 1 is 1.09 bits per heavy atom. The van der Waals surface area contributed by atoms with Gasteiger partial charge in [0, 0.05) is 27.2 Å². The highest BCUT2D eigenvalue weighted by molar-refractivity contribution is 5.86. The molecular weight excluding hydrogens is 296 g/mol. The lowest BCUT2D eigenvalue weighted by Gasteiger charge is -2.12. The molecule has 1 amide bonds. The summed E-state index contributed by atoms with van der Waals surface area (Å²) in [6, 6.07) is 10.00. The summed E-state index contributed by atoms with van der Waals surface area (Å²) in [5.74, 6) is 0.459. The summed E-state index contributed by atoms with van der Waals surface area (Å²) in [5.41, 5.74) is 1.14. The van der Waals surface area contributed by atoms with Gasteiger partial charge in [0.05, 0.1) is 26.4 Å². The van der Waals surface area contributed by atoms with E-state index in [1.54, 1.807) is 14.2 Å². The SMILES string of the molecule is CN=C(NCCOCc1ccccc1)NCC(=O)NCCOC. The van der Waals surface area contributed by atoms with Gasteiger partial charge in [-0.05, 0) is 5.56 Å². The van der Waals surface area contributed by atoms with Gasteiger partial charge >= 0.3 is 0 Å². The summed E-state index contributed by atoms with van der Waals surface area (Å²) in [7, 11) is 3.25. The number of nitrogens with one attached hydrogen (secondary N) is 3. The molecule has 1 rings (SSSR count). The van der Waals surface area contributed by atoms with Crippen molar-refractivity contribution in [3.05, 3.63) is 35.9 Å². The first kappa shape index (κ1) is 18.9. The fourth-order valence-electron chi connectivity index (χ4n) is 1.75. The first-order chi connectivity index (χ1) is 11.3. The zero-order chi connectivity index (χ0) is 16.8. The van der Waals surface area contributed by atoms with Crippen LogP contribution in [0.25, 0.3) is 0 Å². The van der Waals surface area contributed by atoms with Gasteiger partial charge in [-0.2, -0.15) is 0 Å². The van der Waals surface area contributed by atoms with Crippen molar-refractivity contribution in [2.24, 2.45) is 4.99 Å². The Morgan fingerprint density at radius 3 is 2.52 bits per heavy atom. The Labute approximate surface area is 137 Å². The highest BCUT2D eigenvalue weighted by atomic mass is 16.5. The van der Waals surface area contributed by atoms with Gasteiger partial charge in [0.15, 0.2) is 5.96 Å². The van der Waals surface area contributed by atoms with Crippen LogP contribution in [0.5, 0.6) is 0 Å². The number of amides is 1. The molecule has 0 aliphatic heterocycles. The molecule has 7 nitrogen and oxygen atoms in total. The number of rotatable bonds is 10. The Kier molecular flexibility index (Phi) is 10.2. The molecule has 0 aliphatic rings. The molecule has 3 N–H and O–H groups in total. The van der Waals surface area contributed by atoms with E-state index < -0.39 is 0 Å². The lowest BCUT2D eigenvalue weighted by molar-refractivity contribution is -0.120. The maximum atomic E-state index is 11.5. The van der Waals surface area contributed by atoms with Crippen LogP contribution in [-0.4, -0.2) is 58.9 Å². The number of methoxy groups -OCH3 is 1. The van der Waals surface area contributed by atoms with Crippen LogP contribution in [0, 0.1) is 0 Å². The molecule has 0 spiro atoms. The second-order valence-corrected chi connectivity index (χ2v) is 4.73. The molecule has 0 atom stereocenters. The number of ether oxygens (including phenoxy) is 2. The second-order valence-electron chi connectivity index (χ2n) is 4.73. The molecule has 0 heterocycles. The second kappa shape index (κ2) is 12.4. The predicted molar refractivity (Wildman–Crippen MR) is 90.3 cm³/mol. The third-order valence-electron chi connectivity index (χ3n) is 2.92. The van der Waals surface area contributed by atoms with Crippen LogP contribution in [0.2, 0.25) is 0 Å². The molecule has 128 valence electrons.